The first-order chi connectivity index (χ1) is 5.46. The number of nitrogen functional groups attached to an aromatic ring is 2. The fourth-order valence-electron chi connectivity index (χ4n) is 0.970. The molecule has 1 aromatic rings. The molecule has 12 heavy (non-hydrogen) atoms. The molecule has 0 aliphatic rings. The van der Waals surface area contributed by atoms with Crippen molar-refractivity contribution in [1.82, 2.24) is 0 Å². The van der Waals surface area contributed by atoms with Gasteiger partial charge in [-0.25, -0.2) is 0 Å². The third kappa shape index (κ3) is 1.21. The van der Waals surface area contributed by atoms with Crippen LogP contribution in [0.4, 0.5) is 11.4 Å². The minimum Gasteiger partial charge on any atom is -0.397 e. The van der Waals surface area contributed by atoms with Crippen molar-refractivity contribution in [2.75, 3.05) is 11.5 Å². The van der Waals surface area contributed by atoms with Crippen molar-refractivity contribution in [1.29, 1.82) is 0 Å². The van der Waals surface area contributed by atoms with E-state index in [9.17, 15) is 0 Å². The van der Waals surface area contributed by atoms with Crippen molar-refractivity contribution in [2.45, 2.75) is 13.8 Å². The Labute approximate surface area is 81.4 Å². The van der Waals surface area contributed by atoms with Crippen molar-refractivity contribution < 1.29 is 0 Å². The summed E-state index contributed by atoms with van der Waals surface area (Å²) in [5.74, 6) is 0. The standard InChI is InChI=1S/C8H10Cl2N2/c1-3-4(2)8(12)6(10)5(9)7(3)11/h11-12H2,1-2H3. The van der Waals surface area contributed by atoms with Gasteiger partial charge >= 0.3 is 0 Å². The number of hydrogen-bond donors (Lipinski definition) is 2. The highest BCUT2D eigenvalue weighted by Gasteiger charge is 2.12. The Morgan fingerprint density at radius 3 is 1.33 bits per heavy atom. The minimum absolute atomic E-state index is 0.345. The Kier molecular flexibility index (Phi) is 2.40. The lowest BCUT2D eigenvalue weighted by Gasteiger charge is -2.11. The maximum absolute atomic E-state index is 5.82. The number of hydrogen-bond acceptors (Lipinski definition) is 2. The molecule has 0 aliphatic heterocycles. The summed E-state index contributed by atoms with van der Waals surface area (Å²) < 4.78 is 0. The number of anilines is 2. The molecule has 0 aliphatic carbocycles. The van der Waals surface area contributed by atoms with E-state index in [4.69, 9.17) is 34.7 Å². The monoisotopic (exact) mass is 204 g/mol. The fraction of sp³-hybridized carbons (Fsp3) is 0.250. The molecule has 0 radical (unpaired) electrons. The predicted molar refractivity (Wildman–Crippen MR) is 54.8 cm³/mol. The molecule has 0 saturated heterocycles. The molecule has 0 atom stereocenters. The average Bonchev–Trinajstić information content (AvgIpc) is 2.08. The third-order valence-corrected chi connectivity index (χ3v) is 2.92. The highest BCUT2D eigenvalue weighted by atomic mass is 35.5. The Hall–Kier alpha value is -0.600. The molecule has 4 heteroatoms. The van der Waals surface area contributed by atoms with Gasteiger partial charge in [-0.2, -0.15) is 0 Å². The zero-order valence-corrected chi connectivity index (χ0v) is 8.42. The summed E-state index contributed by atoms with van der Waals surface area (Å²) in [4.78, 5) is 0. The molecule has 0 spiro atoms. The summed E-state index contributed by atoms with van der Waals surface area (Å²) in [5, 5.41) is 0.689. The van der Waals surface area contributed by atoms with E-state index < -0.39 is 0 Å². The normalized spacial score (nSPS) is 10.3. The summed E-state index contributed by atoms with van der Waals surface area (Å²) in [6.07, 6.45) is 0. The summed E-state index contributed by atoms with van der Waals surface area (Å²) >= 11 is 11.6. The molecule has 0 bridgehead atoms. The maximum Gasteiger partial charge on any atom is 0.0845 e. The van der Waals surface area contributed by atoms with Crippen LogP contribution >= 0.6 is 23.2 Å². The highest BCUT2D eigenvalue weighted by Crippen LogP contribution is 2.38. The van der Waals surface area contributed by atoms with Crippen LogP contribution in [0.25, 0.3) is 0 Å². The lowest BCUT2D eigenvalue weighted by Crippen LogP contribution is -2.00. The molecule has 66 valence electrons. The van der Waals surface area contributed by atoms with E-state index in [1.807, 2.05) is 13.8 Å². The van der Waals surface area contributed by atoms with Crippen molar-refractivity contribution in [3.63, 3.8) is 0 Å². The first-order valence-corrected chi connectivity index (χ1v) is 4.21. The summed E-state index contributed by atoms with van der Waals surface area (Å²) in [6.45, 7) is 3.73. The van der Waals surface area contributed by atoms with Crippen LogP contribution in [0.2, 0.25) is 10.0 Å². The second-order valence-corrected chi connectivity index (χ2v) is 3.46. The van der Waals surface area contributed by atoms with Crippen molar-refractivity contribution in [3.05, 3.63) is 21.2 Å². The van der Waals surface area contributed by atoms with Crippen molar-refractivity contribution in [2.24, 2.45) is 0 Å². The molecule has 1 aromatic carbocycles. The van der Waals surface area contributed by atoms with Crippen molar-refractivity contribution in [3.8, 4) is 0 Å². The Bertz CT molecular complexity index is 229. The van der Waals surface area contributed by atoms with E-state index in [1.165, 1.54) is 0 Å². The fourth-order valence-corrected chi connectivity index (χ4v) is 1.46. The van der Waals surface area contributed by atoms with Gasteiger partial charge in [0.15, 0.2) is 0 Å². The van der Waals surface area contributed by atoms with Gasteiger partial charge < -0.3 is 11.5 Å². The van der Waals surface area contributed by atoms with E-state index in [2.05, 4.69) is 0 Å². The lowest BCUT2D eigenvalue weighted by molar-refractivity contribution is 1.35. The molecular weight excluding hydrogens is 195 g/mol. The molecule has 4 N–H and O–H groups in total. The Morgan fingerprint density at radius 2 is 1.08 bits per heavy atom. The van der Waals surface area contributed by atoms with Crippen molar-refractivity contribution >= 4 is 34.6 Å². The topological polar surface area (TPSA) is 52.0 Å². The second kappa shape index (κ2) is 3.04. The maximum atomic E-state index is 5.82. The van der Waals surface area contributed by atoms with Crippen LogP contribution in [0.1, 0.15) is 11.1 Å². The van der Waals surface area contributed by atoms with Gasteiger partial charge in [-0.05, 0) is 25.0 Å². The van der Waals surface area contributed by atoms with Gasteiger partial charge in [-0.15, -0.1) is 0 Å². The van der Waals surface area contributed by atoms with E-state index >= 15 is 0 Å². The zero-order chi connectivity index (χ0) is 9.46. The summed E-state index contributed by atoms with van der Waals surface area (Å²) in [6, 6.07) is 0. The summed E-state index contributed by atoms with van der Waals surface area (Å²) in [5.41, 5.74) is 14.2. The van der Waals surface area contributed by atoms with Crippen LogP contribution in [-0.4, -0.2) is 0 Å². The molecule has 1 rings (SSSR count). The van der Waals surface area contributed by atoms with Gasteiger partial charge in [0.05, 0.1) is 21.4 Å². The minimum atomic E-state index is 0.345. The van der Waals surface area contributed by atoms with Gasteiger partial charge in [0.1, 0.15) is 0 Å². The van der Waals surface area contributed by atoms with Crippen LogP contribution in [0.15, 0.2) is 0 Å². The third-order valence-electron chi connectivity index (χ3n) is 2.04. The first kappa shape index (κ1) is 9.49. The first-order valence-electron chi connectivity index (χ1n) is 3.46. The highest BCUT2D eigenvalue weighted by molar-refractivity contribution is 6.45. The molecule has 0 aromatic heterocycles. The molecule has 0 fully saturated rings. The van der Waals surface area contributed by atoms with E-state index in [0.717, 1.165) is 11.1 Å². The number of rotatable bonds is 0. The van der Waals surface area contributed by atoms with Crippen LogP contribution in [-0.2, 0) is 0 Å². The second-order valence-electron chi connectivity index (χ2n) is 2.71. The smallest absolute Gasteiger partial charge is 0.0845 e. The van der Waals surface area contributed by atoms with Crippen LogP contribution in [0.5, 0.6) is 0 Å². The van der Waals surface area contributed by atoms with E-state index in [-0.39, 0.29) is 0 Å². The quantitative estimate of drug-likeness (QED) is 0.639. The number of nitrogens with two attached hydrogens (primary N) is 2. The largest absolute Gasteiger partial charge is 0.397 e. The van der Waals surface area contributed by atoms with E-state index in [0.29, 0.717) is 21.4 Å². The molecule has 0 heterocycles. The van der Waals surface area contributed by atoms with Crippen LogP contribution in [0.3, 0.4) is 0 Å². The van der Waals surface area contributed by atoms with Gasteiger partial charge in [0, 0.05) is 0 Å². The van der Waals surface area contributed by atoms with Gasteiger partial charge in [-0.1, -0.05) is 23.2 Å². The number of halogens is 2. The molecule has 0 saturated carbocycles. The molecule has 0 unspecified atom stereocenters. The van der Waals surface area contributed by atoms with Gasteiger partial charge in [-0.3, -0.25) is 0 Å². The number of benzene rings is 1. The summed E-state index contributed by atoms with van der Waals surface area (Å²) in [7, 11) is 0. The Morgan fingerprint density at radius 1 is 0.833 bits per heavy atom. The molecular formula is C8H10Cl2N2. The molecule has 2 nitrogen and oxygen atoms in total. The zero-order valence-electron chi connectivity index (χ0n) is 6.91. The van der Waals surface area contributed by atoms with Crippen LogP contribution < -0.4 is 11.5 Å². The average molecular weight is 205 g/mol. The van der Waals surface area contributed by atoms with Crippen LogP contribution in [0, 0.1) is 13.8 Å². The van der Waals surface area contributed by atoms with Gasteiger partial charge in [0.25, 0.3) is 0 Å². The lowest BCUT2D eigenvalue weighted by atomic mass is 10.1. The Balaban J connectivity index is 3.60. The van der Waals surface area contributed by atoms with Gasteiger partial charge in [0.2, 0.25) is 0 Å². The van der Waals surface area contributed by atoms with E-state index in [1.54, 1.807) is 0 Å². The SMILES string of the molecule is Cc1c(C)c(N)c(Cl)c(Cl)c1N. The predicted octanol–water partition coefficient (Wildman–Crippen LogP) is 2.77. The molecule has 0 amide bonds.